The molecule has 1 aromatic rings. The normalized spacial score (nSPS) is 17.6. The van der Waals surface area contributed by atoms with Crippen LogP contribution in [0.1, 0.15) is 37.2 Å². The molecule has 0 radical (unpaired) electrons. The molecule has 1 aliphatic carbocycles. The van der Waals surface area contributed by atoms with Gasteiger partial charge in [0.15, 0.2) is 5.78 Å². The number of benzene rings is 1. The van der Waals surface area contributed by atoms with Crippen molar-refractivity contribution in [2.24, 2.45) is 5.92 Å². The number of nitriles is 1. The Kier molecular flexibility index (Phi) is 3.81. The third-order valence-corrected chi connectivity index (χ3v) is 3.63. The van der Waals surface area contributed by atoms with E-state index in [4.69, 9.17) is 11.6 Å². The number of halogens is 1. The van der Waals surface area contributed by atoms with Gasteiger partial charge in [-0.25, -0.2) is 0 Å². The second-order valence-electron chi connectivity index (χ2n) is 4.50. The Morgan fingerprint density at radius 1 is 1.29 bits per heavy atom. The Labute approximate surface area is 106 Å². The first-order valence-corrected chi connectivity index (χ1v) is 6.29. The standard InChI is InChI=1S/C14H14ClNO/c15-12-7-5-10(6-8-12)13(9-16)14(17)11-3-1-2-4-11/h5-8,11,13H,1-4H2. The van der Waals surface area contributed by atoms with Gasteiger partial charge in [0, 0.05) is 10.9 Å². The van der Waals surface area contributed by atoms with Gasteiger partial charge in [0.1, 0.15) is 5.92 Å². The van der Waals surface area contributed by atoms with E-state index in [0.29, 0.717) is 5.02 Å². The predicted octanol–water partition coefficient (Wildman–Crippen LogP) is 3.71. The average molecular weight is 248 g/mol. The van der Waals surface area contributed by atoms with Gasteiger partial charge in [0.05, 0.1) is 6.07 Å². The van der Waals surface area contributed by atoms with Crippen LogP contribution in [0.25, 0.3) is 0 Å². The molecule has 0 N–H and O–H groups in total. The fourth-order valence-corrected chi connectivity index (χ4v) is 2.53. The van der Waals surface area contributed by atoms with Crippen LogP contribution in [0.2, 0.25) is 5.02 Å². The highest BCUT2D eigenvalue weighted by Crippen LogP contribution is 2.31. The quantitative estimate of drug-likeness (QED) is 0.817. The Bertz CT molecular complexity index is 440. The smallest absolute Gasteiger partial charge is 0.157 e. The monoisotopic (exact) mass is 247 g/mol. The van der Waals surface area contributed by atoms with Gasteiger partial charge in [0.2, 0.25) is 0 Å². The number of Topliss-reactive ketones (excluding diaryl/α,β-unsaturated/α-hetero) is 1. The summed E-state index contributed by atoms with van der Waals surface area (Å²) in [6.45, 7) is 0. The molecule has 0 spiro atoms. The number of carbonyl (C=O) groups excluding carboxylic acids is 1. The van der Waals surface area contributed by atoms with Crippen LogP contribution in [0.5, 0.6) is 0 Å². The first kappa shape index (κ1) is 12.1. The minimum atomic E-state index is -0.629. The molecule has 0 aromatic heterocycles. The summed E-state index contributed by atoms with van der Waals surface area (Å²) >= 11 is 5.80. The Morgan fingerprint density at radius 2 is 1.88 bits per heavy atom. The van der Waals surface area contributed by atoms with Gasteiger partial charge in [-0.3, -0.25) is 4.79 Å². The Hall–Kier alpha value is -1.33. The van der Waals surface area contributed by atoms with E-state index >= 15 is 0 Å². The summed E-state index contributed by atoms with van der Waals surface area (Å²) < 4.78 is 0. The molecule has 1 saturated carbocycles. The number of carbonyl (C=O) groups is 1. The highest BCUT2D eigenvalue weighted by Gasteiger charge is 2.30. The molecule has 2 rings (SSSR count). The van der Waals surface area contributed by atoms with Crippen LogP contribution in [0.15, 0.2) is 24.3 Å². The minimum absolute atomic E-state index is 0.0762. The lowest BCUT2D eigenvalue weighted by molar-refractivity contribution is -0.123. The highest BCUT2D eigenvalue weighted by molar-refractivity contribution is 6.30. The number of ketones is 1. The molecule has 1 unspecified atom stereocenters. The zero-order valence-electron chi connectivity index (χ0n) is 9.53. The maximum Gasteiger partial charge on any atom is 0.157 e. The van der Waals surface area contributed by atoms with E-state index in [0.717, 1.165) is 31.2 Å². The summed E-state index contributed by atoms with van der Waals surface area (Å²) in [7, 11) is 0. The summed E-state index contributed by atoms with van der Waals surface area (Å²) in [6, 6.07) is 9.11. The van der Waals surface area contributed by atoms with Gasteiger partial charge in [-0.1, -0.05) is 36.6 Å². The fraction of sp³-hybridized carbons (Fsp3) is 0.429. The number of rotatable bonds is 3. The van der Waals surface area contributed by atoms with Crippen molar-refractivity contribution < 1.29 is 4.79 Å². The number of nitrogens with zero attached hydrogens (tertiary/aromatic N) is 1. The molecule has 0 amide bonds. The highest BCUT2D eigenvalue weighted by atomic mass is 35.5. The van der Waals surface area contributed by atoms with Crippen LogP contribution in [-0.4, -0.2) is 5.78 Å². The first-order chi connectivity index (χ1) is 8.22. The van der Waals surface area contributed by atoms with Crippen molar-refractivity contribution in [3.8, 4) is 6.07 Å². The molecular formula is C14H14ClNO. The summed E-state index contributed by atoms with van der Waals surface area (Å²) in [5.74, 6) is -0.474. The van der Waals surface area contributed by atoms with Crippen LogP contribution in [-0.2, 0) is 4.79 Å². The van der Waals surface area contributed by atoms with E-state index in [2.05, 4.69) is 6.07 Å². The van der Waals surface area contributed by atoms with E-state index in [1.165, 1.54) is 0 Å². The largest absolute Gasteiger partial charge is 0.298 e. The van der Waals surface area contributed by atoms with Crippen LogP contribution >= 0.6 is 11.6 Å². The molecule has 0 bridgehead atoms. The van der Waals surface area contributed by atoms with Crippen LogP contribution < -0.4 is 0 Å². The first-order valence-electron chi connectivity index (χ1n) is 5.91. The lowest BCUT2D eigenvalue weighted by Crippen LogP contribution is -2.19. The zero-order chi connectivity index (χ0) is 12.3. The molecular weight excluding hydrogens is 234 g/mol. The SMILES string of the molecule is N#CC(C(=O)C1CCCC1)c1ccc(Cl)cc1. The van der Waals surface area contributed by atoms with Crippen molar-refractivity contribution in [1.29, 1.82) is 5.26 Å². The Morgan fingerprint density at radius 3 is 2.41 bits per heavy atom. The third kappa shape index (κ3) is 2.68. The molecule has 0 aliphatic heterocycles. The second-order valence-corrected chi connectivity index (χ2v) is 4.93. The zero-order valence-corrected chi connectivity index (χ0v) is 10.3. The summed E-state index contributed by atoms with van der Waals surface area (Å²) in [6.07, 6.45) is 4.08. The van der Waals surface area contributed by atoms with E-state index in [-0.39, 0.29) is 11.7 Å². The molecule has 1 atom stereocenters. The van der Waals surface area contributed by atoms with Crippen LogP contribution in [0, 0.1) is 17.2 Å². The lowest BCUT2D eigenvalue weighted by Gasteiger charge is -2.13. The van der Waals surface area contributed by atoms with Gasteiger partial charge in [0.25, 0.3) is 0 Å². The molecule has 2 nitrogen and oxygen atoms in total. The molecule has 1 aromatic carbocycles. The van der Waals surface area contributed by atoms with Crippen molar-refractivity contribution in [3.05, 3.63) is 34.9 Å². The molecule has 0 saturated heterocycles. The Balaban J connectivity index is 2.18. The van der Waals surface area contributed by atoms with Crippen molar-refractivity contribution >= 4 is 17.4 Å². The molecule has 17 heavy (non-hydrogen) atoms. The van der Waals surface area contributed by atoms with Gasteiger partial charge >= 0.3 is 0 Å². The summed E-state index contributed by atoms with van der Waals surface area (Å²) in [4.78, 5) is 12.2. The molecule has 1 aliphatic rings. The maximum atomic E-state index is 12.2. The molecule has 1 fully saturated rings. The van der Waals surface area contributed by atoms with Crippen molar-refractivity contribution in [1.82, 2.24) is 0 Å². The van der Waals surface area contributed by atoms with E-state index in [1.807, 2.05) is 0 Å². The van der Waals surface area contributed by atoms with Crippen molar-refractivity contribution in [2.75, 3.05) is 0 Å². The summed E-state index contributed by atoms with van der Waals surface area (Å²) in [5.41, 5.74) is 0.758. The minimum Gasteiger partial charge on any atom is -0.298 e. The average Bonchev–Trinajstić information content (AvgIpc) is 2.86. The van der Waals surface area contributed by atoms with Gasteiger partial charge in [-0.05, 0) is 30.5 Å². The fourth-order valence-electron chi connectivity index (χ4n) is 2.40. The van der Waals surface area contributed by atoms with Gasteiger partial charge in [-0.15, -0.1) is 0 Å². The van der Waals surface area contributed by atoms with Crippen LogP contribution in [0.4, 0.5) is 0 Å². The van der Waals surface area contributed by atoms with E-state index in [9.17, 15) is 10.1 Å². The number of hydrogen-bond donors (Lipinski definition) is 0. The maximum absolute atomic E-state index is 12.2. The molecule has 0 heterocycles. The molecule has 88 valence electrons. The summed E-state index contributed by atoms with van der Waals surface area (Å²) in [5, 5.41) is 9.80. The van der Waals surface area contributed by atoms with E-state index < -0.39 is 5.92 Å². The van der Waals surface area contributed by atoms with E-state index in [1.54, 1.807) is 24.3 Å². The lowest BCUT2D eigenvalue weighted by atomic mass is 9.87. The van der Waals surface area contributed by atoms with Crippen LogP contribution in [0.3, 0.4) is 0 Å². The van der Waals surface area contributed by atoms with Crippen molar-refractivity contribution in [3.63, 3.8) is 0 Å². The van der Waals surface area contributed by atoms with Gasteiger partial charge in [-0.2, -0.15) is 5.26 Å². The van der Waals surface area contributed by atoms with Crippen molar-refractivity contribution in [2.45, 2.75) is 31.6 Å². The number of hydrogen-bond acceptors (Lipinski definition) is 2. The topological polar surface area (TPSA) is 40.9 Å². The van der Waals surface area contributed by atoms with Gasteiger partial charge < -0.3 is 0 Å². The molecule has 3 heteroatoms. The third-order valence-electron chi connectivity index (χ3n) is 3.37. The second kappa shape index (κ2) is 5.33. The predicted molar refractivity (Wildman–Crippen MR) is 66.8 cm³/mol.